The van der Waals surface area contributed by atoms with Crippen LogP contribution in [0.4, 0.5) is 0 Å². The molecule has 0 saturated carbocycles. The second kappa shape index (κ2) is 4.55. The summed E-state index contributed by atoms with van der Waals surface area (Å²) in [6.07, 6.45) is 6.14. The molecular weight excluding hydrogens is 246 g/mol. The number of nitrogens with zero attached hydrogens (tertiary/aromatic N) is 4. The highest BCUT2D eigenvalue weighted by Gasteiger charge is 2.04. The standard InChI is InChI=1S/C12H15N5S/c1-9-10(7-16(2)15-9)5-13-6-11-8-17-3-4-18-12(17)14-11/h3-4,7-8,13H,5-6H2,1-2H3. The van der Waals surface area contributed by atoms with Crippen LogP contribution in [-0.2, 0) is 20.1 Å². The summed E-state index contributed by atoms with van der Waals surface area (Å²) >= 11 is 1.65. The number of rotatable bonds is 4. The van der Waals surface area contributed by atoms with Crippen molar-refractivity contribution >= 4 is 16.3 Å². The van der Waals surface area contributed by atoms with E-state index in [9.17, 15) is 0 Å². The molecule has 94 valence electrons. The van der Waals surface area contributed by atoms with Crippen LogP contribution in [-0.4, -0.2) is 19.2 Å². The molecule has 3 rings (SSSR count). The van der Waals surface area contributed by atoms with Gasteiger partial charge in [-0.15, -0.1) is 11.3 Å². The summed E-state index contributed by atoms with van der Waals surface area (Å²) in [6.45, 7) is 3.64. The Kier molecular flexibility index (Phi) is 2.89. The van der Waals surface area contributed by atoms with Gasteiger partial charge < -0.3 is 5.32 Å². The van der Waals surface area contributed by atoms with Gasteiger partial charge in [0.25, 0.3) is 0 Å². The molecule has 0 amide bonds. The van der Waals surface area contributed by atoms with Crippen molar-refractivity contribution in [2.45, 2.75) is 20.0 Å². The largest absolute Gasteiger partial charge is 0.307 e. The monoisotopic (exact) mass is 261 g/mol. The van der Waals surface area contributed by atoms with Gasteiger partial charge in [0.15, 0.2) is 4.96 Å². The summed E-state index contributed by atoms with van der Waals surface area (Å²) < 4.78 is 3.90. The number of nitrogens with one attached hydrogen (secondary N) is 1. The van der Waals surface area contributed by atoms with Gasteiger partial charge in [-0.1, -0.05) is 0 Å². The van der Waals surface area contributed by atoms with Crippen LogP contribution in [0.5, 0.6) is 0 Å². The highest BCUT2D eigenvalue weighted by atomic mass is 32.1. The Morgan fingerprint density at radius 3 is 2.94 bits per heavy atom. The normalized spacial score (nSPS) is 11.4. The van der Waals surface area contributed by atoms with E-state index in [2.05, 4.69) is 26.0 Å². The average molecular weight is 261 g/mol. The van der Waals surface area contributed by atoms with E-state index in [-0.39, 0.29) is 0 Å². The first kappa shape index (κ1) is 11.4. The topological polar surface area (TPSA) is 47.2 Å². The molecule has 18 heavy (non-hydrogen) atoms. The molecule has 0 aliphatic carbocycles. The minimum atomic E-state index is 0.780. The Morgan fingerprint density at radius 2 is 2.22 bits per heavy atom. The number of thiazole rings is 1. The number of hydrogen-bond acceptors (Lipinski definition) is 4. The molecular formula is C12H15N5S. The van der Waals surface area contributed by atoms with Crippen LogP contribution in [0.15, 0.2) is 24.0 Å². The summed E-state index contributed by atoms with van der Waals surface area (Å²) in [5.74, 6) is 0. The summed E-state index contributed by atoms with van der Waals surface area (Å²) in [7, 11) is 1.94. The van der Waals surface area contributed by atoms with E-state index in [1.54, 1.807) is 11.3 Å². The third-order valence-corrected chi connectivity index (χ3v) is 3.65. The molecule has 5 nitrogen and oxygen atoms in total. The van der Waals surface area contributed by atoms with Crippen LogP contribution in [0.2, 0.25) is 0 Å². The molecule has 0 atom stereocenters. The van der Waals surface area contributed by atoms with Crippen LogP contribution >= 0.6 is 11.3 Å². The first-order valence-electron chi connectivity index (χ1n) is 5.83. The molecule has 0 spiro atoms. The van der Waals surface area contributed by atoms with E-state index >= 15 is 0 Å². The fourth-order valence-electron chi connectivity index (χ4n) is 2.01. The van der Waals surface area contributed by atoms with Crippen molar-refractivity contribution < 1.29 is 0 Å². The predicted octanol–water partition coefficient (Wildman–Crippen LogP) is 1.73. The molecule has 3 heterocycles. The van der Waals surface area contributed by atoms with Crippen LogP contribution in [0.1, 0.15) is 17.0 Å². The van der Waals surface area contributed by atoms with Crippen molar-refractivity contribution in [2.75, 3.05) is 0 Å². The van der Waals surface area contributed by atoms with Crippen LogP contribution in [0.3, 0.4) is 0 Å². The Morgan fingerprint density at radius 1 is 1.33 bits per heavy atom. The molecule has 0 bridgehead atoms. The third kappa shape index (κ3) is 2.16. The number of aryl methyl sites for hydroxylation is 2. The molecule has 0 aromatic carbocycles. The zero-order chi connectivity index (χ0) is 12.5. The zero-order valence-corrected chi connectivity index (χ0v) is 11.2. The van der Waals surface area contributed by atoms with E-state index in [4.69, 9.17) is 0 Å². The molecule has 0 fully saturated rings. The van der Waals surface area contributed by atoms with Gasteiger partial charge in [0.05, 0.1) is 11.4 Å². The molecule has 0 aliphatic heterocycles. The zero-order valence-electron chi connectivity index (χ0n) is 10.4. The van der Waals surface area contributed by atoms with Crippen molar-refractivity contribution in [2.24, 2.45) is 7.05 Å². The lowest BCUT2D eigenvalue weighted by Gasteiger charge is -2.00. The number of imidazole rings is 1. The lowest BCUT2D eigenvalue weighted by Crippen LogP contribution is -2.13. The third-order valence-electron chi connectivity index (χ3n) is 2.88. The molecule has 6 heteroatoms. The van der Waals surface area contributed by atoms with Gasteiger partial charge in [0, 0.05) is 49.7 Å². The number of fused-ring (bicyclic) bond motifs is 1. The van der Waals surface area contributed by atoms with Gasteiger partial charge in [-0.2, -0.15) is 5.10 Å². The summed E-state index contributed by atoms with van der Waals surface area (Å²) in [5, 5.41) is 9.76. The lowest BCUT2D eigenvalue weighted by molar-refractivity contribution is 0.680. The van der Waals surface area contributed by atoms with Crippen LogP contribution in [0.25, 0.3) is 4.96 Å². The maximum Gasteiger partial charge on any atom is 0.193 e. The Labute approximate surface area is 109 Å². The van der Waals surface area contributed by atoms with E-state index in [1.165, 1.54) is 5.56 Å². The maximum atomic E-state index is 4.53. The second-order valence-corrected chi connectivity index (χ2v) is 5.22. The molecule has 0 unspecified atom stereocenters. The Hall–Kier alpha value is -1.66. The second-order valence-electron chi connectivity index (χ2n) is 4.34. The molecule has 0 radical (unpaired) electrons. The van der Waals surface area contributed by atoms with E-state index in [0.29, 0.717) is 0 Å². The van der Waals surface area contributed by atoms with Gasteiger partial charge in [-0.25, -0.2) is 4.98 Å². The van der Waals surface area contributed by atoms with Gasteiger partial charge in [0.2, 0.25) is 0 Å². The van der Waals surface area contributed by atoms with Crippen molar-refractivity contribution in [1.29, 1.82) is 0 Å². The summed E-state index contributed by atoms with van der Waals surface area (Å²) in [4.78, 5) is 5.58. The van der Waals surface area contributed by atoms with E-state index < -0.39 is 0 Å². The number of hydrogen-bond donors (Lipinski definition) is 1. The van der Waals surface area contributed by atoms with Crippen LogP contribution in [0, 0.1) is 6.92 Å². The molecule has 3 aromatic rings. The SMILES string of the molecule is Cc1nn(C)cc1CNCc1cn2ccsc2n1. The van der Waals surface area contributed by atoms with Gasteiger partial charge in [-0.3, -0.25) is 9.08 Å². The van der Waals surface area contributed by atoms with Gasteiger partial charge in [0.1, 0.15) is 0 Å². The van der Waals surface area contributed by atoms with E-state index in [1.807, 2.05) is 36.4 Å². The maximum absolute atomic E-state index is 4.53. The Bertz CT molecular complexity index is 634. The smallest absolute Gasteiger partial charge is 0.193 e. The number of aromatic nitrogens is 4. The lowest BCUT2D eigenvalue weighted by atomic mass is 10.2. The van der Waals surface area contributed by atoms with E-state index in [0.717, 1.165) is 29.4 Å². The van der Waals surface area contributed by atoms with Gasteiger partial charge in [-0.05, 0) is 6.92 Å². The predicted molar refractivity (Wildman–Crippen MR) is 71.6 cm³/mol. The fourth-order valence-corrected chi connectivity index (χ4v) is 2.73. The van der Waals surface area contributed by atoms with Crippen molar-refractivity contribution in [3.8, 4) is 0 Å². The van der Waals surface area contributed by atoms with Crippen LogP contribution < -0.4 is 5.32 Å². The van der Waals surface area contributed by atoms with Gasteiger partial charge >= 0.3 is 0 Å². The molecule has 0 saturated heterocycles. The quantitative estimate of drug-likeness (QED) is 0.778. The minimum Gasteiger partial charge on any atom is -0.307 e. The first-order chi connectivity index (χ1) is 8.72. The molecule has 1 N–H and O–H groups in total. The Balaban J connectivity index is 1.61. The van der Waals surface area contributed by atoms with Crippen molar-refractivity contribution in [3.63, 3.8) is 0 Å². The van der Waals surface area contributed by atoms with Crippen molar-refractivity contribution in [3.05, 3.63) is 40.9 Å². The average Bonchev–Trinajstić information content (AvgIpc) is 2.94. The minimum absolute atomic E-state index is 0.780. The highest BCUT2D eigenvalue weighted by Crippen LogP contribution is 2.11. The first-order valence-corrected chi connectivity index (χ1v) is 6.71. The summed E-state index contributed by atoms with van der Waals surface area (Å²) in [5.41, 5.74) is 3.39. The molecule has 0 aliphatic rings. The molecule has 3 aromatic heterocycles. The fraction of sp³-hybridized carbons (Fsp3) is 0.333. The highest BCUT2D eigenvalue weighted by molar-refractivity contribution is 7.15. The van der Waals surface area contributed by atoms with Crippen molar-refractivity contribution in [1.82, 2.24) is 24.5 Å². The summed E-state index contributed by atoms with van der Waals surface area (Å²) in [6, 6.07) is 0.